The number of H-pyrrole nitrogens is 1. The number of aryl methyl sites for hydroxylation is 1. The molecule has 0 saturated carbocycles. The van der Waals surface area contributed by atoms with Crippen molar-refractivity contribution in [3.63, 3.8) is 0 Å². The fraction of sp³-hybridized carbons (Fsp3) is 0.414. The summed E-state index contributed by atoms with van der Waals surface area (Å²) in [5.41, 5.74) is 4.61. The number of nitrogens with one attached hydrogen (secondary N) is 2. The van der Waals surface area contributed by atoms with Crippen molar-refractivity contribution in [1.82, 2.24) is 10.3 Å². The number of ether oxygens (including phenoxy) is 2. The first-order valence-corrected chi connectivity index (χ1v) is 14.6. The van der Waals surface area contributed by atoms with Crippen LogP contribution >= 0.6 is 0 Å². The normalized spacial score (nSPS) is 14.6. The van der Waals surface area contributed by atoms with Gasteiger partial charge in [0.25, 0.3) is 5.91 Å². The molecule has 1 aromatic heterocycles. The van der Waals surface area contributed by atoms with Crippen LogP contribution in [0.4, 0.5) is 0 Å². The third kappa shape index (κ3) is 7.26. The van der Waals surface area contributed by atoms with Gasteiger partial charge in [0.15, 0.2) is 9.84 Å². The number of sulfone groups is 1. The van der Waals surface area contributed by atoms with Gasteiger partial charge < -0.3 is 19.8 Å². The quantitative estimate of drug-likeness (QED) is 0.294. The number of benzene rings is 1. The summed E-state index contributed by atoms with van der Waals surface area (Å²) in [6, 6.07) is 6.67. The van der Waals surface area contributed by atoms with Gasteiger partial charge in [-0.25, -0.2) is 13.2 Å². The van der Waals surface area contributed by atoms with Crippen LogP contribution in [0.25, 0.3) is 6.08 Å². The molecule has 2 aromatic rings. The van der Waals surface area contributed by atoms with Crippen LogP contribution in [0.15, 0.2) is 46.0 Å². The van der Waals surface area contributed by atoms with Gasteiger partial charge in [-0.2, -0.15) is 0 Å². The van der Waals surface area contributed by atoms with Crippen molar-refractivity contribution < 1.29 is 32.3 Å². The summed E-state index contributed by atoms with van der Waals surface area (Å²) in [5.74, 6) is -1.40. The summed E-state index contributed by atoms with van der Waals surface area (Å²) in [6.07, 6.45) is 3.77. The molecule has 0 unspecified atom stereocenters. The molecule has 1 aromatic carbocycles. The van der Waals surface area contributed by atoms with Crippen molar-refractivity contribution in [2.24, 2.45) is 0 Å². The molecule has 0 fully saturated rings. The SMILES string of the molecule is CCCCOC(=O)c1[nH]c(/C=C2\NC(=O)C(C)=C2CCS(=O)(=O)c2ccc(C)cc2)c(C)c1CCC(=O)OC. The van der Waals surface area contributed by atoms with Crippen LogP contribution in [-0.4, -0.2) is 50.7 Å². The van der Waals surface area contributed by atoms with Crippen molar-refractivity contribution in [2.45, 2.75) is 64.7 Å². The maximum absolute atomic E-state index is 12.9. The van der Waals surface area contributed by atoms with Gasteiger partial charge in [0, 0.05) is 23.4 Å². The number of methoxy groups -OCH3 is 1. The largest absolute Gasteiger partial charge is 0.469 e. The number of hydrogen-bond donors (Lipinski definition) is 2. The van der Waals surface area contributed by atoms with Crippen molar-refractivity contribution in [3.05, 3.63) is 69.2 Å². The Hall–Kier alpha value is -3.66. The van der Waals surface area contributed by atoms with Crippen LogP contribution in [-0.2, 0) is 35.3 Å². The lowest BCUT2D eigenvalue weighted by molar-refractivity contribution is -0.140. The molecule has 0 saturated heterocycles. The zero-order valence-electron chi connectivity index (χ0n) is 23.1. The molecule has 10 heteroatoms. The Kier molecular flexibility index (Phi) is 9.91. The highest BCUT2D eigenvalue weighted by atomic mass is 32.2. The number of aromatic amines is 1. The molecule has 3 rings (SSSR count). The number of esters is 2. The van der Waals surface area contributed by atoms with Crippen molar-refractivity contribution in [1.29, 1.82) is 0 Å². The number of carbonyl (C=O) groups is 3. The number of unbranched alkanes of at least 4 members (excludes halogenated alkanes) is 1. The third-order valence-corrected chi connectivity index (χ3v) is 8.55. The minimum Gasteiger partial charge on any atom is -0.469 e. The topological polar surface area (TPSA) is 132 Å². The highest BCUT2D eigenvalue weighted by Gasteiger charge is 2.27. The van der Waals surface area contributed by atoms with Crippen molar-refractivity contribution in [3.8, 4) is 0 Å². The van der Waals surface area contributed by atoms with E-state index in [1.165, 1.54) is 7.11 Å². The first-order chi connectivity index (χ1) is 18.5. The minimum atomic E-state index is -3.57. The van der Waals surface area contributed by atoms with Gasteiger partial charge in [-0.1, -0.05) is 31.0 Å². The average Bonchev–Trinajstić information content (AvgIpc) is 3.36. The van der Waals surface area contributed by atoms with Gasteiger partial charge in [0.2, 0.25) is 0 Å². The Labute approximate surface area is 229 Å². The van der Waals surface area contributed by atoms with Crippen LogP contribution in [0, 0.1) is 13.8 Å². The molecule has 9 nitrogen and oxygen atoms in total. The predicted molar refractivity (Wildman–Crippen MR) is 148 cm³/mol. The lowest BCUT2D eigenvalue weighted by atomic mass is 10.0. The van der Waals surface area contributed by atoms with Gasteiger partial charge in [-0.3, -0.25) is 9.59 Å². The molecule has 2 heterocycles. The molecule has 1 aliphatic heterocycles. The predicted octanol–water partition coefficient (Wildman–Crippen LogP) is 4.35. The van der Waals surface area contributed by atoms with E-state index in [0.717, 1.165) is 24.0 Å². The standard InChI is InChI=1S/C29H36N2O7S/c1-6-7-15-38-29(34)27-23(12-13-26(32)37-5)19(3)24(30-27)17-25-22(20(4)28(33)31-25)14-16-39(35,36)21-10-8-18(2)9-11-21/h8-11,17,30H,6-7,12-16H2,1-5H3,(H,31,33)/b25-17-. The zero-order valence-corrected chi connectivity index (χ0v) is 23.9. The second kappa shape index (κ2) is 12.9. The molecule has 0 bridgehead atoms. The van der Waals surface area contributed by atoms with Crippen LogP contribution in [0.2, 0.25) is 0 Å². The molecular formula is C29H36N2O7S. The number of aromatic nitrogens is 1. The molecule has 1 aliphatic rings. The summed E-state index contributed by atoms with van der Waals surface area (Å²) in [5, 5.41) is 2.82. The highest BCUT2D eigenvalue weighted by molar-refractivity contribution is 7.91. The first kappa shape index (κ1) is 29.9. The van der Waals surface area contributed by atoms with E-state index in [4.69, 9.17) is 9.47 Å². The summed E-state index contributed by atoms with van der Waals surface area (Å²) >= 11 is 0. The van der Waals surface area contributed by atoms with E-state index >= 15 is 0 Å². The first-order valence-electron chi connectivity index (χ1n) is 13.0. The molecule has 210 valence electrons. The van der Waals surface area contributed by atoms with Gasteiger partial charge in [-0.15, -0.1) is 0 Å². The molecule has 0 aliphatic carbocycles. The minimum absolute atomic E-state index is 0.0817. The van der Waals surface area contributed by atoms with E-state index < -0.39 is 21.8 Å². The Bertz CT molecular complexity index is 1410. The summed E-state index contributed by atoms with van der Waals surface area (Å²) < 4.78 is 36.1. The molecule has 39 heavy (non-hydrogen) atoms. The van der Waals surface area contributed by atoms with E-state index in [1.54, 1.807) is 37.3 Å². The van der Waals surface area contributed by atoms with Crippen LogP contribution < -0.4 is 5.32 Å². The van der Waals surface area contributed by atoms with Crippen LogP contribution in [0.3, 0.4) is 0 Å². The second-order valence-corrected chi connectivity index (χ2v) is 11.7. The molecule has 0 radical (unpaired) electrons. The molecule has 2 N–H and O–H groups in total. The van der Waals surface area contributed by atoms with E-state index in [-0.39, 0.29) is 48.1 Å². The molecule has 1 amide bonds. The lowest BCUT2D eigenvalue weighted by Crippen LogP contribution is -2.15. The molecule has 0 atom stereocenters. The monoisotopic (exact) mass is 556 g/mol. The zero-order chi connectivity index (χ0) is 28.7. The van der Waals surface area contributed by atoms with Gasteiger partial charge in [-0.05, 0) is 74.9 Å². The van der Waals surface area contributed by atoms with E-state index in [9.17, 15) is 22.8 Å². The van der Waals surface area contributed by atoms with Crippen molar-refractivity contribution >= 4 is 33.8 Å². The Balaban J connectivity index is 1.92. The highest BCUT2D eigenvalue weighted by Crippen LogP contribution is 2.30. The van der Waals surface area contributed by atoms with Gasteiger partial charge >= 0.3 is 11.9 Å². The number of rotatable bonds is 12. The van der Waals surface area contributed by atoms with Gasteiger partial charge in [0.1, 0.15) is 5.69 Å². The molecule has 0 spiro atoms. The second-order valence-electron chi connectivity index (χ2n) is 9.58. The fourth-order valence-corrected chi connectivity index (χ4v) is 5.57. The van der Waals surface area contributed by atoms with Crippen LogP contribution in [0.1, 0.15) is 72.4 Å². The number of amides is 1. The Morgan fingerprint density at radius 2 is 1.74 bits per heavy atom. The maximum Gasteiger partial charge on any atom is 0.355 e. The van der Waals surface area contributed by atoms with E-state index in [2.05, 4.69) is 10.3 Å². The third-order valence-electron chi connectivity index (χ3n) is 6.82. The van der Waals surface area contributed by atoms with Crippen molar-refractivity contribution in [2.75, 3.05) is 19.5 Å². The number of hydrogen-bond acceptors (Lipinski definition) is 7. The Morgan fingerprint density at radius 3 is 2.38 bits per heavy atom. The number of carbonyl (C=O) groups excluding carboxylic acids is 3. The van der Waals surface area contributed by atoms with Crippen LogP contribution in [0.5, 0.6) is 0 Å². The summed E-state index contributed by atoms with van der Waals surface area (Å²) in [7, 11) is -2.26. The van der Waals surface area contributed by atoms with E-state index in [0.29, 0.717) is 28.1 Å². The summed E-state index contributed by atoms with van der Waals surface area (Å²) in [6.45, 7) is 7.62. The lowest BCUT2D eigenvalue weighted by Gasteiger charge is -2.08. The Morgan fingerprint density at radius 1 is 1.05 bits per heavy atom. The number of allylic oxidation sites excluding steroid dienone is 1. The fourth-order valence-electron chi connectivity index (χ4n) is 4.32. The van der Waals surface area contributed by atoms with E-state index in [1.807, 2.05) is 20.8 Å². The van der Waals surface area contributed by atoms with Gasteiger partial charge in [0.05, 0.1) is 24.4 Å². The maximum atomic E-state index is 12.9. The molecular weight excluding hydrogens is 520 g/mol. The smallest absolute Gasteiger partial charge is 0.355 e. The average molecular weight is 557 g/mol. The summed E-state index contributed by atoms with van der Waals surface area (Å²) in [4.78, 5) is 40.5.